The molecular formula is C17H25ClN2O4. The molecule has 134 valence electrons. The van der Waals surface area contributed by atoms with E-state index < -0.39 is 17.7 Å². The molecule has 0 unspecified atom stereocenters. The fourth-order valence-electron chi connectivity index (χ4n) is 2.67. The van der Waals surface area contributed by atoms with Gasteiger partial charge in [-0.25, -0.2) is 9.59 Å². The van der Waals surface area contributed by atoms with Crippen LogP contribution in [0.3, 0.4) is 0 Å². The molecular weight excluding hydrogens is 332 g/mol. The number of carboxylic acids is 1. The van der Waals surface area contributed by atoms with Crippen molar-refractivity contribution in [2.75, 3.05) is 18.0 Å². The van der Waals surface area contributed by atoms with Gasteiger partial charge in [-0.1, -0.05) is 12.1 Å². The van der Waals surface area contributed by atoms with Crippen LogP contribution in [-0.4, -0.2) is 41.9 Å². The first kappa shape index (κ1) is 20.1. The van der Waals surface area contributed by atoms with Gasteiger partial charge in [0.2, 0.25) is 0 Å². The number of piperidine rings is 1. The molecule has 1 aromatic rings. The molecule has 1 aromatic carbocycles. The van der Waals surface area contributed by atoms with Crippen LogP contribution in [0.4, 0.5) is 10.5 Å². The number of aromatic carboxylic acids is 1. The Labute approximate surface area is 148 Å². The minimum atomic E-state index is -0.922. The molecule has 2 rings (SSSR count). The number of hydrogen-bond donors (Lipinski definition) is 2. The lowest BCUT2D eigenvalue weighted by Gasteiger charge is -2.34. The van der Waals surface area contributed by atoms with E-state index in [1.54, 1.807) is 12.1 Å². The summed E-state index contributed by atoms with van der Waals surface area (Å²) in [6.07, 6.45) is 1.11. The highest BCUT2D eigenvalue weighted by Gasteiger charge is 2.25. The topological polar surface area (TPSA) is 78.9 Å². The van der Waals surface area contributed by atoms with Crippen LogP contribution in [0.15, 0.2) is 24.3 Å². The Kier molecular flexibility index (Phi) is 6.90. The van der Waals surface area contributed by atoms with Crippen molar-refractivity contribution in [1.82, 2.24) is 5.32 Å². The fraction of sp³-hybridized carbons (Fsp3) is 0.529. The van der Waals surface area contributed by atoms with Gasteiger partial charge in [0, 0.05) is 19.1 Å². The fourth-order valence-corrected chi connectivity index (χ4v) is 2.67. The minimum absolute atomic E-state index is 0. The number of carbonyl (C=O) groups is 2. The summed E-state index contributed by atoms with van der Waals surface area (Å²) in [5.74, 6) is -0.922. The zero-order valence-electron chi connectivity index (χ0n) is 14.2. The lowest BCUT2D eigenvalue weighted by atomic mass is 10.0. The van der Waals surface area contributed by atoms with Crippen molar-refractivity contribution in [3.8, 4) is 0 Å². The molecule has 0 atom stereocenters. The standard InChI is InChI=1S/C17H24N2O4.ClH/c1-17(2,3)23-16(22)18-12-8-10-19(11-9-12)14-7-5-4-6-13(14)15(20)21;/h4-7,12H,8-11H2,1-3H3,(H,18,22)(H,20,21);1H. The maximum absolute atomic E-state index is 11.8. The number of benzene rings is 1. The summed E-state index contributed by atoms with van der Waals surface area (Å²) in [5, 5.41) is 12.2. The molecule has 0 aliphatic carbocycles. The zero-order chi connectivity index (χ0) is 17.0. The van der Waals surface area contributed by atoms with Gasteiger partial charge in [0.25, 0.3) is 0 Å². The van der Waals surface area contributed by atoms with Gasteiger partial charge in [0.15, 0.2) is 0 Å². The van der Waals surface area contributed by atoms with E-state index in [-0.39, 0.29) is 18.4 Å². The van der Waals surface area contributed by atoms with Gasteiger partial charge in [0.1, 0.15) is 5.60 Å². The minimum Gasteiger partial charge on any atom is -0.478 e. The van der Waals surface area contributed by atoms with E-state index in [0.29, 0.717) is 18.7 Å². The Bertz CT molecular complexity index is 578. The second-order valence-electron chi connectivity index (χ2n) is 6.73. The van der Waals surface area contributed by atoms with Gasteiger partial charge in [-0.2, -0.15) is 0 Å². The number of amides is 1. The summed E-state index contributed by atoms with van der Waals surface area (Å²) in [4.78, 5) is 25.2. The molecule has 0 aromatic heterocycles. The van der Waals surface area contributed by atoms with Crippen LogP contribution >= 0.6 is 12.4 Å². The molecule has 1 aliphatic rings. The molecule has 6 nitrogen and oxygen atoms in total. The smallest absolute Gasteiger partial charge is 0.407 e. The lowest BCUT2D eigenvalue weighted by Crippen LogP contribution is -2.46. The van der Waals surface area contributed by atoms with Crippen LogP contribution in [0.2, 0.25) is 0 Å². The highest BCUT2D eigenvalue weighted by Crippen LogP contribution is 2.24. The predicted molar refractivity (Wildman–Crippen MR) is 95.3 cm³/mol. The monoisotopic (exact) mass is 356 g/mol. The van der Waals surface area contributed by atoms with Crippen LogP contribution < -0.4 is 10.2 Å². The molecule has 0 saturated carbocycles. The second kappa shape index (κ2) is 8.24. The molecule has 1 aliphatic heterocycles. The first-order chi connectivity index (χ1) is 10.8. The Balaban J connectivity index is 0.00000288. The number of para-hydroxylation sites is 1. The summed E-state index contributed by atoms with van der Waals surface area (Å²) in [5.41, 5.74) is 0.535. The Morgan fingerprint density at radius 3 is 2.33 bits per heavy atom. The molecule has 24 heavy (non-hydrogen) atoms. The molecule has 0 radical (unpaired) electrons. The van der Waals surface area contributed by atoms with E-state index in [1.165, 1.54) is 0 Å². The summed E-state index contributed by atoms with van der Waals surface area (Å²) < 4.78 is 5.26. The summed E-state index contributed by atoms with van der Waals surface area (Å²) in [7, 11) is 0. The van der Waals surface area contributed by atoms with Gasteiger partial charge in [-0.15, -0.1) is 12.4 Å². The largest absolute Gasteiger partial charge is 0.478 e. The molecule has 1 amide bonds. The van der Waals surface area contributed by atoms with Crippen molar-refractivity contribution in [2.45, 2.75) is 45.3 Å². The van der Waals surface area contributed by atoms with E-state index in [0.717, 1.165) is 18.5 Å². The molecule has 1 heterocycles. The van der Waals surface area contributed by atoms with Gasteiger partial charge >= 0.3 is 12.1 Å². The molecule has 1 saturated heterocycles. The van der Waals surface area contributed by atoms with Crippen LogP contribution in [0.5, 0.6) is 0 Å². The van der Waals surface area contributed by atoms with Crippen molar-refractivity contribution < 1.29 is 19.4 Å². The molecule has 0 spiro atoms. The maximum Gasteiger partial charge on any atom is 0.407 e. The lowest BCUT2D eigenvalue weighted by molar-refractivity contribution is 0.0497. The zero-order valence-corrected chi connectivity index (χ0v) is 15.1. The Morgan fingerprint density at radius 2 is 1.79 bits per heavy atom. The number of rotatable bonds is 3. The van der Waals surface area contributed by atoms with Gasteiger partial charge < -0.3 is 20.1 Å². The number of nitrogens with zero attached hydrogens (tertiary/aromatic N) is 1. The average Bonchev–Trinajstić information content (AvgIpc) is 2.46. The van der Waals surface area contributed by atoms with E-state index in [4.69, 9.17) is 4.74 Å². The van der Waals surface area contributed by atoms with Crippen molar-refractivity contribution in [1.29, 1.82) is 0 Å². The number of carboxylic acid groups (broad SMARTS) is 1. The van der Waals surface area contributed by atoms with Crippen LogP contribution in [-0.2, 0) is 4.74 Å². The summed E-state index contributed by atoms with van der Waals surface area (Å²) in [6.45, 7) is 6.89. The summed E-state index contributed by atoms with van der Waals surface area (Å²) in [6, 6.07) is 7.06. The first-order valence-corrected chi connectivity index (χ1v) is 7.83. The van der Waals surface area contributed by atoms with E-state index in [9.17, 15) is 14.7 Å². The van der Waals surface area contributed by atoms with Crippen LogP contribution in [0, 0.1) is 0 Å². The number of hydrogen-bond acceptors (Lipinski definition) is 4. The number of ether oxygens (including phenoxy) is 1. The normalized spacial score (nSPS) is 15.4. The van der Waals surface area contributed by atoms with Gasteiger partial charge in [0.05, 0.1) is 11.3 Å². The third-order valence-electron chi connectivity index (χ3n) is 3.69. The predicted octanol–water partition coefficient (Wildman–Crippen LogP) is 3.30. The van der Waals surface area contributed by atoms with E-state index >= 15 is 0 Å². The van der Waals surface area contributed by atoms with E-state index in [2.05, 4.69) is 10.2 Å². The third kappa shape index (κ3) is 5.60. The SMILES string of the molecule is CC(C)(C)OC(=O)NC1CCN(c2ccccc2C(=O)O)CC1.Cl. The molecule has 2 N–H and O–H groups in total. The number of anilines is 1. The van der Waals surface area contributed by atoms with Crippen molar-refractivity contribution >= 4 is 30.2 Å². The van der Waals surface area contributed by atoms with Crippen LogP contribution in [0.25, 0.3) is 0 Å². The summed E-state index contributed by atoms with van der Waals surface area (Å²) >= 11 is 0. The van der Waals surface area contributed by atoms with Crippen LogP contribution in [0.1, 0.15) is 44.0 Å². The van der Waals surface area contributed by atoms with E-state index in [1.807, 2.05) is 32.9 Å². The van der Waals surface area contributed by atoms with Gasteiger partial charge in [-0.05, 0) is 45.7 Å². The van der Waals surface area contributed by atoms with Crippen molar-refractivity contribution in [2.24, 2.45) is 0 Å². The Morgan fingerprint density at radius 1 is 1.21 bits per heavy atom. The van der Waals surface area contributed by atoms with Crippen molar-refractivity contribution in [3.63, 3.8) is 0 Å². The number of alkyl carbamates (subject to hydrolysis) is 1. The maximum atomic E-state index is 11.8. The highest BCUT2D eigenvalue weighted by molar-refractivity contribution is 5.94. The second-order valence-corrected chi connectivity index (χ2v) is 6.73. The molecule has 0 bridgehead atoms. The van der Waals surface area contributed by atoms with Gasteiger partial charge in [-0.3, -0.25) is 0 Å². The first-order valence-electron chi connectivity index (χ1n) is 7.83. The molecule has 1 fully saturated rings. The number of halogens is 1. The number of nitrogens with one attached hydrogen (secondary N) is 1. The average molecular weight is 357 g/mol. The third-order valence-corrected chi connectivity index (χ3v) is 3.69. The van der Waals surface area contributed by atoms with Crippen molar-refractivity contribution in [3.05, 3.63) is 29.8 Å². The number of carbonyl (C=O) groups excluding carboxylic acids is 1. The highest BCUT2D eigenvalue weighted by atomic mass is 35.5. The Hall–Kier alpha value is -1.95. The molecule has 7 heteroatoms. The quantitative estimate of drug-likeness (QED) is 0.868.